The summed E-state index contributed by atoms with van der Waals surface area (Å²) in [5.41, 5.74) is 1.16. The lowest BCUT2D eigenvalue weighted by atomic mass is 10.2. The summed E-state index contributed by atoms with van der Waals surface area (Å²) in [6.45, 7) is 0.405. The number of halogens is 3. The molecule has 0 unspecified atom stereocenters. The van der Waals surface area contributed by atoms with Crippen LogP contribution in [0, 0.1) is 5.82 Å². The number of nitrogens with one attached hydrogen (secondary N) is 1. The molecule has 1 N–H and O–H groups in total. The number of amides is 1. The number of carbonyl (C=O) groups excluding carboxylic acids is 1. The van der Waals surface area contributed by atoms with Crippen LogP contribution in [0.15, 0.2) is 42.5 Å². The van der Waals surface area contributed by atoms with E-state index in [1.54, 1.807) is 18.2 Å². The Bertz CT molecular complexity index is 905. The molecule has 0 aliphatic heterocycles. The fraction of sp³-hybridized carbons (Fsp3) is 0.278. The molecule has 0 atom stereocenters. The van der Waals surface area contributed by atoms with Gasteiger partial charge in [-0.3, -0.25) is 9.10 Å². The molecule has 0 radical (unpaired) electrons. The molecular formula is C18H19Cl2FN2O3S. The van der Waals surface area contributed by atoms with Gasteiger partial charge < -0.3 is 5.32 Å². The Hall–Kier alpha value is -1.83. The van der Waals surface area contributed by atoms with Crippen molar-refractivity contribution in [3.8, 4) is 0 Å². The Morgan fingerprint density at radius 1 is 1.11 bits per heavy atom. The van der Waals surface area contributed by atoms with Crippen molar-refractivity contribution < 1.29 is 17.6 Å². The second kappa shape index (κ2) is 9.39. The van der Waals surface area contributed by atoms with Crippen LogP contribution >= 0.6 is 23.2 Å². The Labute approximate surface area is 168 Å². The maximum atomic E-state index is 12.9. The molecule has 0 aliphatic rings. The molecule has 9 heteroatoms. The molecule has 2 aromatic rings. The molecule has 0 saturated heterocycles. The Balaban J connectivity index is 1.90. The zero-order valence-corrected chi connectivity index (χ0v) is 16.9. The largest absolute Gasteiger partial charge is 0.352 e. The fourth-order valence-electron chi connectivity index (χ4n) is 2.40. The van der Waals surface area contributed by atoms with Crippen LogP contribution in [0.1, 0.15) is 18.4 Å². The van der Waals surface area contributed by atoms with Gasteiger partial charge in [0.1, 0.15) is 5.82 Å². The van der Waals surface area contributed by atoms with Gasteiger partial charge in [-0.1, -0.05) is 35.3 Å². The number of hydrogen-bond acceptors (Lipinski definition) is 3. The molecule has 5 nitrogen and oxygen atoms in total. The number of hydrogen-bond donors (Lipinski definition) is 1. The molecule has 0 spiro atoms. The minimum absolute atomic E-state index is 0.126. The standard InChI is InChI=1S/C18H19Cl2FN2O3S/c1-27(25,26)23(15-8-9-16(19)17(20)11-15)10-2-3-18(24)22-12-13-4-6-14(21)7-5-13/h4-9,11H,2-3,10,12H2,1H3,(H,22,24). The summed E-state index contributed by atoms with van der Waals surface area (Å²) >= 11 is 11.8. The van der Waals surface area contributed by atoms with Crippen LogP contribution in [0.2, 0.25) is 10.0 Å². The van der Waals surface area contributed by atoms with Gasteiger partial charge in [-0.15, -0.1) is 0 Å². The third-order valence-corrected chi connectivity index (χ3v) is 5.69. The van der Waals surface area contributed by atoms with Crippen molar-refractivity contribution in [2.24, 2.45) is 0 Å². The smallest absolute Gasteiger partial charge is 0.232 e. The second-order valence-corrected chi connectivity index (χ2v) is 8.66. The predicted molar refractivity (Wildman–Crippen MR) is 106 cm³/mol. The molecule has 146 valence electrons. The molecule has 0 aromatic heterocycles. The van der Waals surface area contributed by atoms with Gasteiger partial charge in [-0.2, -0.15) is 0 Å². The normalized spacial score (nSPS) is 11.3. The lowest BCUT2D eigenvalue weighted by Gasteiger charge is -2.22. The number of benzene rings is 2. The topological polar surface area (TPSA) is 66.5 Å². The van der Waals surface area contributed by atoms with E-state index >= 15 is 0 Å². The van der Waals surface area contributed by atoms with Gasteiger partial charge in [-0.05, 0) is 42.3 Å². The summed E-state index contributed by atoms with van der Waals surface area (Å²) in [4.78, 5) is 12.0. The van der Waals surface area contributed by atoms with Crippen molar-refractivity contribution in [2.45, 2.75) is 19.4 Å². The minimum Gasteiger partial charge on any atom is -0.352 e. The maximum absolute atomic E-state index is 12.9. The Morgan fingerprint density at radius 3 is 2.37 bits per heavy atom. The average molecular weight is 433 g/mol. The fourth-order valence-corrected chi connectivity index (χ4v) is 3.65. The summed E-state index contributed by atoms with van der Waals surface area (Å²) in [5, 5.41) is 3.30. The molecule has 1 amide bonds. The van der Waals surface area contributed by atoms with E-state index in [1.165, 1.54) is 28.6 Å². The highest BCUT2D eigenvalue weighted by Gasteiger charge is 2.18. The molecule has 0 bridgehead atoms. The summed E-state index contributed by atoms with van der Waals surface area (Å²) < 4.78 is 38.2. The van der Waals surface area contributed by atoms with Crippen molar-refractivity contribution in [1.29, 1.82) is 0 Å². The summed E-state index contributed by atoms with van der Waals surface area (Å²) in [5.74, 6) is -0.560. The van der Waals surface area contributed by atoms with Gasteiger partial charge in [-0.25, -0.2) is 12.8 Å². The highest BCUT2D eigenvalue weighted by Crippen LogP contribution is 2.28. The van der Waals surface area contributed by atoms with Gasteiger partial charge in [0.25, 0.3) is 0 Å². The van der Waals surface area contributed by atoms with Crippen LogP contribution in [-0.2, 0) is 21.4 Å². The lowest BCUT2D eigenvalue weighted by Crippen LogP contribution is -2.32. The summed E-state index contributed by atoms with van der Waals surface area (Å²) in [6.07, 6.45) is 1.56. The van der Waals surface area contributed by atoms with E-state index in [4.69, 9.17) is 23.2 Å². The van der Waals surface area contributed by atoms with Crippen LogP contribution in [-0.4, -0.2) is 27.1 Å². The predicted octanol–water partition coefficient (Wildman–Crippen LogP) is 4.00. The van der Waals surface area contributed by atoms with E-state index in [9.17, 15) is 17.6 Å². The zero-order valence-electron chi connectivity index (χ0n) is 14.6. The molecule has 27 heavy (non-hydrogen) atoms. The van der Waals surface area contributed by atoms with Crippen molar-refractivity contribution in [2.75, 3.05) is 17.1 Å². The number of nitrogens with zero attached hydrogens (tertiary/aromatic N) is 1. The monoisotopic (exact) mass is 432 g/mol. The molecular weight excluding hydrogens is 414 g/mol. The SMILES string of the molecule is CS(=O)(=O)N(CCCC(=O)NCc1ccc(F)cc1)c1ccc(Cl)c(Cl)c1. The van der Waals surface area contributed by atoms with E-state index in [0.29, 0.717) is 17.1 Å². The summed E-state index contributed by atoms with van der Waals surface area (Å²) in [7, 11) is -3.54. The second-order valence-electron chi connectivity index (χ2n) is 5.94. The van der Waals surface area contributed by atoms with Crippen molar-refractivity contribution in [3.05, 3.63) is 63.9 Å². The van der Waals surface area contributed by atoms with Crippen LogP contribution in [0.5, 0.6) is 0 Å². The first-order valence-electron chi connectivity index (χ1n) is 8.11. The summed E-state index contributed by atoms with van der Waals surface area (Å²) in [6, 6.07) is 10.4. The van der Waals surface area contributed by atoms with E-state index in [-0.39, 0.29) is 36.3 Å². The highest BCUT2D eigenvalue weighted by molar-refractivity contribution is 7.92. The van der Waals surface area contributed by atoms with Gasteiger partial charge in [0.2, 0.25) is 15.9 Å². The first-order valence-corrected chi connectivity index (χ1v) is 10.7. The quantitative estimate of drug-likeness (QED) is 0.685. The van der Waals surface area contributed by atoms with E-state index in [2.05, 4.69) is 5.32 Å². The molecule has 0 fully saturated rings. The number of carbonyl (C=O) groups is 1. The number of anilines is 1. The molecule has 2 rings (SSSR count). The highest BCUT2D eigenvalue weighted by atomic mass is 35.5. The van der Waals surface area contributed by atoms with E-state index in [0.717, 1.165) is 11.8 Å². The van der Waals surface area contributed by atoms with Crippen LogP contribution in [0.25, 0.3) is 0 Å². The maximum Gasteiger partial charge on any atom is 0.232 e. The van der Waals surface area contributed by atoms with Crippen molar-refractivity contribution in [1.82, 2.24) is 5.32 Å². The average Bonchev–Trinajstić information content (AvgIpc) is 2.60. The molecule has 0 aliphatic carbocycles. The van der Waals surface area contributed by atoms with Gasteiger partial charge in [0, 0.05) is 19.5 Å². The first kappa shape index (κ1) is 21.5. The number of sulfonamides is 1. The van der Waals surface area contributed by atoms with Crippen LogP contribution < -0.4 is 9.62 Å². The third-order valence-electron chi connectivity index (χ3n) is 3.76. The van der Waals surface area contributed by atoms with Crippen LogP contribution in [0.3, 0.4) is 0 Å². The Morgan fingerprint density at radius 2 is 1.78 bits per heavy atom. The van der Waals surface area contributed by atoms with Gasteiger partial charge in [0.05, 0.1) is 22.0 Å². The number of rotatable bonds is 8. The first-order chi connectivity index (χ1) is 12.7. The molecule has 0 saturated carbocycles. The van der Waals surface area contributed by atoms with Crippen LogP contribution in [0.4, 0.5) is 10.1 Å². The minimum atomic E-state index is -3.54. The Kier molecular flexibility index (Phi) is 7.47. The molecule has 0 heterocycles. The zero-order chi connectivity index (χ0) is 20.0. The van der Waals surface area contributed by atoms with Gasteiger partial charge >= 0.3 is 0 Å². The van der Waals surface area contributed by atoms with Gasteiger partial charge in [0.15, 0.2) is 0 Å². The lowest BCUT2D eigenvalue weighted by molar-refractivity contribution is -0.121. The van der Waals surface area contributed by atoms with Crippen molar-refractivity contribution in [3.63, 3.8) is 0 Å². The molecule has 2 aromatic carbocycles. The van der Waals surface area contributed by atoms with Crippen molar-refractivity contribution >= 4 is 44.8 Å². The van der Waals surface area contributed by atoms with E-state index in [1.807, 2.05) is 0 Å². The third kappa shape index (κ3) is 6.68. The van der Waals surface area contributed by atoms with E-state index < -0.39 is 10.0 Å².